The van der Waals surface area contributed by atoms with E-state index in [4.69, 9.17) is 0 Å². The standard InChI is InChI=1S/C11H17N3S/c1-2-12-11(10-8-15-14-13-10)9-6-4-3-5-7-9/h6,8,11-12H,2-5,7H2,1H3. The summed E-state index contributed by atoms with van der Waals surface area (Å²) in [6.07, 6.45) is 7.43. The van der Waals surface area contributed by atoms with Gasteiger partial charge in [-0.3, -0.25) is 0 Å². The molecular weight excluding hydrogens is 206 g/mol. The summed E-state index contributed by atoms with van der Waals surface area (Å²) in [5.41, 5.74) is 2.57. The summed E-state index contributed by atoms with van der Waals surface area (Å²) in [5.74, 6) is 0. The Morgan fingerprint density at radius 3 is 3.07 bits per heavy atom. The molecule has 1 aromatic rings. The molecule has 0 saturated carbocycles. The van der Waals surface area contributed by atoms with Gasteiger partial charge in [-0.05, 0) is 43.8 Å². The Balaban J connectivity index is 2.15. The molecule has 1 atom stereocenters. The molecule has 15 heavy (non-hydrogen) atoms. The molecule has 1 aliphatic carbocycles. The molecule has 0 aliphatic heterocycles. The van der Waals surface area contributed by atoms with Crippen LogP contribution >= 0.6 is 11.5 Å². The summed E-state index contributed by atoms with van der Waals surface area (Å²) >= 11 is 1.43. The first-order valence-corrected chi connectivity index (χ1v) is 6.44. The molecule has 0 aromatic carbocycles. The van der Waals surface area contributed by atoms with Crippen LogP contribution in [-0.4, -0.2) is 16.1 Å². The van der Waals surface area contributed by atoms with E-state index in [1.807, 2.05) is 5.38 Å². The molecule has 82 valence electrons. The molecule has 0 spiro atoms. The van der Waals surface area contributed by atoms with E-state index < -0.39 is 0 Å². The highest BCUT2D eigenvalue weighted by atomic mass is 32.1. The first kappa shape index (κ1) is 10.8. The highest BCUT2D eigenvalue weighted by Crippen LogP contribution is 2.28. The number of aromatic nitrogens is 2. The minimum Gasteiger partial charge on any atom is -0.305 e. The van der Waals surface area contributed by atoms with E-state index in [-0.39, 0.29) is 0 Å². The summed E-state index contributed by atoms with van der Waals surface area (Å²) in [4.78, 5) is 0. The molecule has 0 fully saturated rings. The van der Waals surface area contributed by atoms with Gasteiger partial charge in [-0.2, -0.15) is 0 Å². The lowest BCUT2D eigenvalue weighted by Gasteiger charge is -2.22. The quantitative estimate of drug-likeness (QED) is 0.797. The Morgan fingerprint density at radius 2 is 2.47 bits per heavy atom. The molecule has 0 saturated heterocycles. The number of nitrogens with zero attached hydrogens (tertiary/aromatic N) is 2. The van der Waals surface area contributed by atoms with Crippen molar-refractivity contribution in [2.24, 2.45) is 0 Å². The maximum Gasteiger partial charge on any atom is 0.0966 e. The van der Waals surface area contributed by atoms with Crippen LogP contribution < -0.4 is 5.32 Å². The third-order valence-electron chi connectivity index (χ3n) is 2.78. The maximum absolute atomic E-state index is 4.18. The van der Waals surface area contributed by atoms with Gasteiger partial charge in [-0.15, -0.1) is 5.10 Å². The summed E-state index contributed by atoms with van der Waals surface area (Å²) in [6, 6.07) is 0.300. The number of likely N-dealkylation sites (N-methyl/N-ethyl adjacent to an activating group) is 1. The average molecular weight is 223 g/mol. The van der Waals surface area contributed by atoms with Crippen LogP contribution in [0.1, 0.15) is 44.3 Å². The minimum absolute atomic E-state index is 0.300. The molecule has 4 heteroatoms. The molecule has 0 amide bonds. The van der Waals surface area contributed by atoms with E-state index in [1.54, 1.807) is 0 Å². The number of nitrogens with one attached hydrogen (secondary N) is 1. The van der Waals surface area contributed by atoms with Gasteiger partial charge in [0, 0.05) is 5.38 Å². The van der Waals surface area contributed by atoms with Gasteiger partial charge in [0.1, 0.15) is 0 Å². The predicted octanol–water partition coefficient (Wildman–Crippen LogP) is 2.69. The zero-order valence-corrected chi connectivity index (χ0v) is 9.89. The van der Waals surface area contributed by atoms with E-state index in [9.17, 15) is 0 Å². The summed E-state index contributed by atoms with van der Waals surface area (Å²) in [7, 11) is 0. The lowest BCUT2D eigenvalue weighted by atomic mass is 9.92. The van der Waals surface area contributed by atoms with Crippen LogP contribution in [0.2, 0.25) is 0 Å². The molecule has 1 heterocycles. The molecule has 1 N–H and O–H groups in total. The van der Waals surface area contributed by atoms with Crippen molar-refractivity contribution in [2.75, 3.05) is 6.54 Å². The van der Waals surface area contributed by atoms with Crippen molar-refractivity contribution in [3.8, 4) is 0 Å². The highest BCUT2D eigenvalue weighted by Gasteiger charge is 2.19. The van der Waals surface area contributed by atoms with E-state index in [2.05, 4.69) is 27.9 Å². The van der Waals surface area contributed by atoms with Gasteiger partial charge in [-0.25, -0.2) is 0 Å². The molecule has 0 radical (unpaired) electrons. The van der Waals surface area contributed by atoms with Crippen LogP contribution in [0.3, 0.4) is 0 Å². The van der Waals surface area contributed by atoms with Gasteiger partial charge < -0.3 is 5.32 Å². The summed E-state index contributed by atoms with van der Waals surface area (Å²) in [6.45, 7) is 3.11. The van der Waals surface area contributed by atoms with Gasteiger partial charge >= 0.3 is 0 Å². The maximum atomic E-state index is 4.18. The second-order valence-electron chi connectivity index (χ2n) is 3.85. The lowest BCUT2D eigenvalue weighted by molar-refractivity contribution is 0.553. The normalized spacial score (nSPS) is 18.6. The van der Waals surface area contributed by atoms with Gasteiger partial charge in [0.15, 0.2) is 0 Å². The number of allylic oxidation sites excluding steroid dienone is 1. The third kappa shape index (κ3) is 2.63. The number of hydrogen-bond donors (Lipinski definition) is 1. The Bertz CT molecular complexity index is 319. The van der Waals surface area contributed by atoms with Crippen LogP contribution in [0.4, 0.5) is 0 Å². The first-order valence-electron chi connectivity index (χ1n) is 5.61. The van der Waals surface area contributed by atoms with Crippen molar-refractivity contribution in [1.82, 2.24) is 14.9 Å². The highest BCUT2D eigenvalue weighted by molar-refractivity contribution is 7.03. The van der Waals surface area contributed by atoms with Gasteiger partial charge in [-0.1, -0.05) is 23.1 Å². The van der Waals surface area contributed by atoms with Crippen LogP contribution in [0.5, 0.6) is 0 Å². The molecule has 0 bridgehead atoms. The summed E-state index contributed by atoms with van der Waals surface area (Å²) < 4.78 is 3.94. The second-order valence-corrected chi connectivity index (χ2v) is 4.46. The largest absolute Gasteiger partial charge is 0.305 e. The molecular formula is C11H17N3S. The van der Waals surface area contributed by atoms with E-state index in [1.165, 1.54) is 42.8 Å². The second kappa shape index (κ2) is 5.37. The van der Waals surface area contributed by atoms with E-state index in [0.717, 1.165) is 12.2 Å². The monoisotopic (exact) mass is 223 g/mol. The fraction of sp³-hybridized carbons (Fsp3) is 0.636. The van der Waals surface area contributed by atoms with Crippen molar-refractivity contribution in [3.05, 3.63) is 22.7 Å². The Labute approximate surface area is 94.8 Å². The topological polar surface area (TPSA) is 37.8 Å². The fourth-order valence-corrected chi connectivity index (χ4v) is 2.53. The zero-order valence-electron chi connectivity index (χ0n) is 9.07. The zero-order chi connectivity index (χ0) is 10.5. The van der Waals surface area contributed by atoms with Crippen LogP contribution in [0.15, 0.2) is 17.0 Å². The Kier molecular flexibility index (Phi) is 3.86. The van der Waals surface area contributed by atoms with Crippen molar-refractivity contribution >= 4 is 11.5 Å². The number of rotatable bonds is 4. The molecule has 1 aromatic heterocycles. The smallest absolute Gasteiger partial charge is 0.0966 e. The van der Waals surface area contributed by atoms with Crippen LogP contribution in [0.25, 0.3) is 0 Å². The predicted molar refractivity (Wildman–Crippen MR) is 62.9 cm³/mol. The molecule has 1 unspecified atom stereocenters. The molecule has 1 aliphatic rings. The Hall–Kier alpha value is -0.740. The van der Waals surface area contributed by atoms with E-state index in [0.29, 0.717) is 6.04 Å². The van der Waals surface area contributed by atoms with E-state index >= 15 is 0 Å². The SMILES string of the molecule is CCNC(C1=CCCCC1)c1csnn1. The van der Waals surface area contributed by atoms with Crippen LogP contribution in [0, 0.1) is 0 Å². The number of hydrogen-bond acceptors (Lipinski definition) is 4. The third-order valence-corrected chi connectivity index (χ3v) is 3.30. The average Bonchev–Trinajstić information content (AvgIpc) is 2.80. The Morgan fingerprint density at radius 1 is 1.53 bits per heavy atom. The van der Waals surface area contributed by atoms with Gasteiger partial charge in [0.25, 0.3) is 0 Å². The molecule has 2 rings (SSSR count). The van der Waals surface area contributed by atoms with Gasteiger partial charge in [0.2, 0.25) is 0 Å². The summed E-state index contributed by atoms with van der Waals surface area (Å²) in [5, 5.41) is 9.71. The first-order chi connectivity index (χ1) is 7.42. The van der Waals surface area contributed by atoms with Crippen molar-refractivity contribution in [2.45, 2.75) is 38.6 Å². The van der Waals surface area contributed by atoms with Crippen LogP contribution in [-0.2, 0) is 0 Å². The minimum atomic E-state index is 0.300. The fourth-order valence-electron chi connectivity index (χ4n) is 2.05. The van der Waals surface area contributed by atoms with Crippen molar-refractivity contribution in [1.29, 1.82) is 0 Å². The molecule has 3 nitrogen and oxygen atoms in total. The van der Waals surface area contributed by atoms with Crippen molar-refractivity contribution in [3.63, 3.8) is 0 Å². The van der Waals surface area contributed by atoms with Gasteiger partial charge in [0.05, 0.1) is 11.7 Å². The lowest BCUT2D eigenvalue weighted by Crippen LogP contribution is -2.24. The van der Waals surface area contributed by atoms with Crippen molar-refractivity contribution < 1.29 is 0 Å².